The second-order valence-electron chi connectivity index (χ2n) is 4.34. The minimum Gasteiger partial charge on any atom is -0.383 e. The number of nitrogens with zero attached hydrogens (tertiary/aromatic N) is 3. The molecule has 0 amide bonds. The van der Waals surface area contributed by atoms with E-state index >= 15 is 0 Å². The summed E-state index contributed by atoms with van der Waals surface area (Å²) in [7, 11) is 0. The first-order valence-electron chi connectivity index (χ1n) is 5.95. The molecule has 90 valence electrons. The minimum absolute atomic E-state index is 0.605. The van der Waals surface area contributed by atoms with Gasteiger partial charge in [0.1, 0.15) is 5.60 Å². The van der Waals surface area contributed by atoms with Crippen LogP contribution in [0, 0.1) is 0 Å². The van der Waals surface area contributed by atoms with Gasteiger partial charge in [0.05, 0.1) is 11.9 Å². The van der Waals surface area contributed by atoms with Crippen molar-refractivity contribution in [1.29, 1.82) is 0 Å². The predicted molar refractivity (Wildman–Crippen MR) is 58.9 cm³/mol. The predicted octanol–water partition coefficient (Wildman–Crippen LogP) is 1.08. The van der Waals surface area contributed by atoms with Crippen molar-refractivity contribution in [2.24, 2.45) is 0 Å². The molecule has 1 N–H and O–H groups in total. The zero-order valence-corrected chi connectivity index (χ0v) is 9.72. The Balaban J connectivity index is 2.22. The van der Waals surface area contributed by atoms with Crippen molar-refractivity contribution >= 4 is 0 Å². The highest BCUT2D eigenvalue weighted by Gasteiger charge is 2.33. The molecule has 0 aliphatic carbocycles. The van der Waals surface area contributed by atoms with Gasteiger partial charge in [0, 0.05) is 26.2 Å². The Hall–Kier alpha value is -0.940. The van der Waals surface area contributed by atoms with E-state index in [9.17, 15) is 5.11 Å². The van der Waals surface area contributed by atoms with E-state index in [1.807, 2.05) is 4.68 Å². The van der Waals surface area contributed by atoms with E-state index in [1.54, 1.807) is 6.20 Å². The topological polar surface area (TPSA) is 60.2 Å². The molecule has 1 fully saturated rings. The molecule has 1 aliphatic heterocycles. The average molecular weight is 225 g/mol. The van der Waals surface area contributed by atoms with Crippen LogP contribution in [0.5, 0.6) is 0 Å². The summed E-state index contributed by atoms with van der Waals surface area (Å²) in [5, 5.41) is 18.6. The zero-order chi connectivity index (χ0) is 11.4. The van der Waals surface area contributed by atoms with Crippen molar-refractivity contribution in [2.45, 2.75) is 44.8 Å². The molecule has 16 heavy (non-hydrogen) atoms. The molecule has 1 unspecified atom stereocenters. The first-order chi connectivity index (χ1) is 7.76. The Morgan fingerprint density at radius 3 is 3.19 bits per heavy atom. The first kappa shape index (κ1) is 11.5. The third-order valence-electron chi connectivity index (χ3n) is 3.07. The van der Waals surface area contributed by atoms with E-state index < -0.39 is 5.60 Å². The molecule has 0 saturated carbocycles. The lowest BCUT2D eigenvalue weighted by molar-refractivity contribution is 0.00612. The summed E-state index contributed by atoms with van der Waals surface area (Å²) in [5.41, 5.74) is 0.0228. The molecule has 1 aliphatic rings. The van der Waals surface area contributed by atoms with Crippen molar-refractivity contribution < 1.29 is 9.84 Å². The number of hydrogen-bond donors (Lipinski definition) is 1. The highest BCUT2D eigenvalue weighted by atomic mass is 16.5. The van der Waals surface area contributed by atoms with Crippen molar-refractivity contribution in [1.82, 2.24) is 15.0 Å². The SMILES string of the molecule is CCCn1nncc1C1(O)CCCOCC1. The lowest BCUT2D eigenvalue weighted by Gasteiger charge is -2.26. The van der Waals surface area contributed by atoms with Gasteiger partial charge in [-0.3, -0.25) is 0 Å². The Labute approximate surface area is 95.4 Å². The molecule has 5 nitrogen and oxygen atoms in total. The normalized spacial score (nSPS) is 26.6. The molecule has 1 saturated heterocycles. The highest BCUT2D eigenvalue weighted by Crippen LogP contribution is 2.31. The lowest BCUT2D eigenvalue weighted by atomic mass is 9.91. The summed E-state index contributed by atoms with van der Waals surface area (Å²) in [6.45, 7) is 4.23. The maximum atomic E-state index is 10.6. The van der Waals surface area contributed by atoms with E-state index in [4.69, 9.17) is 4.74 Å². The molecule has 1 aromatic rings. The van der Waals surface area contributed by atoms with Crippen LogP contribution in [0.2, 0.25) is 0 Å². The number of rotatable bonds is 3. The number of aliphatic hydroxyl groups is 1. The number of aryl methyl sites for hydroxylation is 1. The molecular weight excluding hydrogens is 206 g/mol. The molecule has 2 heterocycles. The highest BCUT2D eigenvalue weighted by molar-refractivity contribution is 5.08. The number of hydrogen-bond acceptors (Lipinski definition) is 4. The van der Waals surface area contributed by atoms with Crippen LogP contribution in [0.15, 0.2) is 6.20 Å². The largest absolute Gasteiger partial charge is 0.383 e. The van der Waals surface area contributed by atoms with Gasteiger partial charge in [0.15, 0.2) is 0 Å². The van der Waals surface area contributed by atoms with Crippen molar-refractivity contribution in [3.05, 3.63) is 11.9 Å². The summed E-state index contributed by atoms with van der Waals surface area (Å²) >= 11 is 0. The van der Waals surface area contributed by atoms with E-state index in [1.165, 1.54) is 0 Å². The summed E-state index contributed by atoms with van der Waals surface area (Å²) < 4.78 is 7.19. The smallest absolute Gasteiger partial charge is 0.110 e. The monoisotopic (exact) mass is 225 g/mol. The third-order valence-corrected chi connectivity index (χ3v) is 3.07. The van der Waals surface area contributed by atoms with E-state index in [2.05, 4.69) is 17.2 Å². The number of ether oxygens (including phenoxy) is 1. The number of aromatic nitrogens is 3. The van der Waals surface area contributed by atoms with Gasteiger partial charge in [-0.1, -0.05) is 12.1 Å². The average Bonchev–Trinajstić information content (AvgIpc) is 2.62. The van der Waals surface area contributed by atoms with Gasteiger partial charge in [0.2, 0.25) is 0 Å². The van der Waals surface area contributed by atoms with Crippen molar-refractivity contribution in [2.75, 3.05) is 13.2 Å². The van der Waals surface area contributed by atoms with Crippen LogP contribution >= 0.6 is 0 Å². The maximum absolute atomic E-state index is 10.6. The van der Waals surface area contributed by atoms with Crippen LogP contribution in [0.25, 0.3) is 0 Å². The zero-order valence-electron chi connectivity index (χ0n) is 9.72. The summed E-state index contributed by atoms with van der Waals surface area (Å²) in [5.74, 6) is 0. The van der Waals surface area contributed by atoms with Gasteiger partial charge in [-0.05, 0) is 19.3 Å². The van der Waals surface area contributed by atoms with Gasteiger partial charge < -0.3 is 9.84 Å². The van der Waals surface area contributed by atoms with Crippen molar-refractivity contribution in [3.8, 4) is 0 Å². The van der Waals surface area contributed by atoms with Crippen LogP contribution in [0.4, 0.5) is 0 Å². The second-order valence-corrected chi connectivity index (χ2v) is 4.34. The van der Waals surface area contributed by atoms with Crippen LogP contribution in [0.3, 0.4) is 0 Å². The van der Waals surface area contributed by atoms with Crippen LogP contribution in [-0.4, -0.2) is 33.3 Å². The Morgan fingerprint density at radius 1 is 1.50 bits per heavy atom. The molecule has 1 atom stereocenters. The fourth-order valence-electron chi connectivity index (χ4n) is 2.19. The summed E-state index contributed by atoms with van der Waals surface area (Å²) in [6.07, 6.45) is 4.91. The fourth-order valence-corrected chi connectivity index (χ4v) is 2.19. The Kier molecular flexibility index (Phi) is 3.56. The van der Waals surface area contributed by atoms with E-state index in [0.717, 1.165) is 38.1 Å². The first-order valence-corrected chi connectivity index (χ1v) is 5.95. The van der Waals surface area contributed by atoms with Crippen molar-refractivity contribution in [3.63, 3.8) is 0 Å². The maximum Gasteiger partial charge on any atom is 0.110 e. The Bertz CT molecular complexity index is 330. The van der Waals surface area contributed by atoms with Crippen LogP contribution in [0.1, 0.15) is 38.3 Å². The molecule has 0 aromatic carbocycles. The van der Waals surface area contributed by atoms with Gasteiger partial charge in [-0.25, -0.2) is 4.68 Å². The molecule has 0 bridgehead atoms. The van der Waals surface area contributed by atoms with Gasteiger partial charge in [-0.15, -0.1) is 5.10 Å². The standard InChI is InChI=1S/C11H19N3O2/c1-2-6-14-10(9-12-13-14)11(15)4-3-7-16-8-5-11/h9,15H,2-8H2,1H3. The fraction of sp³-hybridized carbons (Fsp3) is 0.818. The van der Waals surface area contributed by atoms with E-state index in [-0.39, 0.29) is 0 Å². The molecule has 5 heteroatoms. The summed E-state index contributed by atoms with van der Waals surface area (Å²) in [6, 6.07) is 0. The van der Waals surface area contributed by atoms with Gasteiger partial charge >= 0.3 is 0 Å². The third kappa shape index (κ3) is 2.25. The van der Waals surface area contributed by atoms with Crippen LogP contribution in [-0.2, 0) is 16.9 Å². The van der Waals surface area contributed by atoms with E-state index in [0.29, 0.717) is 13.0 Å². The molecule has 0 spiro atoms. The van der Waals surface area contributed by atoms with Gasteiger partial charge in [-0.2, -0.15) is 0 Å². The molecular formula is C11H19N3O2. The molecule has 0 radical (unpaired) electrons. The quantitative estimate of drug-likeness (QED) is 0.836. The Morgan fingerprint density at radius 2 is 2.38 bits per heavy atom. The second kappa shape index (κ2) is 4.93. The molecule has 2 rings (SSSR count). The molecule has 1 aromatic heterocycles. The lowest BCUT2D eigenvalue weighted by Crippen LogP contribution is -2.29. The van der Waals surface area contributed by atoms with Gasteiger partial charge in [0.25, 0.3) is 0 Å². The summed E-state index contributed by atoms with van der Waals surface area (Å²) in [4.78, 5) is 0. The minimum atomic E-state index is -0.810. The van der Waals surface area contributed by atoms with Crippen LogP contribution < -0.4 is 0 Å².